The van der Waals surface area contributed by atoms with Gasteiger partial charge in [-0.05, 0) is 17.9 Å². The Morgan fingerprint density at radius 3 is 3.06 bits per heavy atom. The highest BCUT2D eigenvalue weighted by molar-refractivity contribution is 7.13. The summed E-state index contributed by atoms with van der Waals surface area (Å²) in [6.07, 6.45) is 1.46. The number of oxazole rings is 1. The van der Waals surface area contributed by atoms with Crippen molar-refractivity contribution < 1.29 is 9.52 Å². The van der Waals surface area contributed by atoms with Gasteiger partial charge in [0.2, 0.25) is 5.89 Å². The molecule has 2 atom stereocenters. The maximum absolute atomic E-state index is 9.82. The molecule has 3 N–H and O–H groups in total. The van der Waals surface area contributed by atoms with Crippen molar-refractivity contribution in [2.75, 3.05) is 0 Å². The van der Waals surface area contributed by atoms with Gasteiger partial charge in [-0.15, -0.1) is 11.3 Å². The average molecular weight is 238 g/mol. The van der Waals surface area contributed by atoms with Gasteiger partial charge in [-0.3, -0.25) is 0 Å². The minimum absolute atomic E-state index is 0.290. The lowest BCUT2D eigenvalue weighted by atomic mass is 10.1. The summed E-state index contributed by atoms with van der Waals surface area (Å²) in [5.41, 5.74) is 5.73. The van der Waals surface area contributed by atoms with Crippen LogP contribution < -0.4 is 5.73 Å². The first-order valence-electron chi connectivity index (χ1n) is 5.15. The van der Waals surface area contributed by atoms with Crippen LogP contribution in [0.3, 0.4) is 0 Å². The molecule has 2 aromatic rings. The molecule has 2 heterocycles. The zero-order chi connectivity index (χ0) is 11.5. The molecule has 5 heteroatoms. The standard InChI is InChI=1S/C11H14N2O2S/c1-2-7(12)10(14)11-13-6-8(15-11)9-4-3-5-16-9/h3-7,10,14H,2,12H2,1H3/t7-,10?/m0/s1. The maximum atomic E-state index is 9.82. The zero-order valence-corrected chi connectivity index (χ0v) is 9.78. The zero-order valence-electron chi connectivity index (χ0n) is 8.96. The lowest BCUT2D eigenvalue weighted by Crippen LogP contribution is -2.27. The van der Waals surface area contributed by atoms with E-state index >= 15 is 0 Å². The van der Waals surface area contributed by atoms with Gasteiger partial charge in [-0.25, -0.2) is 4.98 Å². The smallest absolute Gasteiger partial charge is 0.225 e. The van der Waals surface area contributed by atoms with E-state index in [2.05, 4.69) is 4.98 Å². The van der Waals surface area contributed by atoms with E-state index in [0.29, 0.717) is 12.2 Å². The number of nitrogens with zero attached hydrogens (tertiary/aromatic N) is 1. The molecule has 0 spiro atoms. The molecular weight excluding hydrogens is 224 g/mol. The Morgan fingerprint density at radius 1 is 1.62 bits per heavy atom. The minimum Gasteiger partial charge on any atom is -0.437 e. The number of rotatable bonds is 4. The van der Waals surface area contributed by atoms with E-state index in [1.165, 1.54) is 0 Å². The van der Waals surface area contributed by atoms with Gasteiger partial charge in [0.25, 0.3) is 0 Å². The summed E-state index contributed by atoms with van der Waals surface area (Å²) in [4.78, 5) is 5.05. The van der Waals surface area contributed by atoms with E-state index < -0.39 is 6.10 Å². The Hall–Kier alpha value is -1.17. The van der Waals surface area contributed by atoms with Crippen molar-refractivity contribution >= 4 is 11.3 Å². The van der Waals surface area contributed by atoms with Crippen LogP contribution in [-0.2, 0) is 0 Å². The molecule has 0 amide bonds. The third-order valence-electron chi connectivity index (χ3n) is 2.42. The fourth-order valence-electron chi connectivity index (χ4n) is 1.36. The topological polar surface area (TPSA) is 72.3 Å². The summed E-state index contributed by atoms with van der Waals surface area (Å²) in [5.74, 6) is 0.963. The SMILES string of the molecule is CC[C@H](N)C(O)c1ncc(-c2cccs2)o1. The third kappa shape index (κ3) is 2.16. The fraction of sp³-hybridized carbons (Fsp3) is 0.364. The van der Waals surface area contributed by atoms with Crippen molar-refractivity contribution in [1.82, 2.24) is 4.98 Å². The highest BCUT2D eigenvalue weighted by Crippen LogP contribution is 2.27. The second kappa shape index (κ2) is 4.78. The normalized spacial score (nSPS) is 14.9. The van der Waals surface area contributed by atoms with E-state index in [0.717, 1.165) is 4.88 Å². The molecule has 0 saturated heterocycles. The van der Waals surface area contributed by atoms with E-state index in [1.54, 1.807) is 17.5 Å². The minimum atomic E-state index is -0.835. The highest BCUT2D eigenvalue weighted by Gasteiger charge is 2.20. The molecular formula is C11H14N2O2S. The Kier molecular flexibility index (Phi) is 3.38. The molecule has 16 heavy (non-hydrogen) atoms. The first-order chi connectivity index (χ1) is 7.72. The molecule has 0 fully saturated rings. The van der Waals surface area contributed by atoms with Crippen LogP contribution in [0, 0.1) is 0 Å². The van der Waals surface area contributed by atoms with Crippen LogP contribution in [0.5, 0.6) is 0 Å². The molecule has 2 rings (SSSR count). The van der Waals surface area contributed by atoms with Crippen LogP contribution in [-0.4, -0.2) is 16.1 Å². The highest BCUT2D eigenvalue weighted by atomic mass is 32.1. The summed E-state index contributed by atoms with van der Waals surface area (Å²) < 4.78 is 5.48. The number of hydrogen-bond donors (Lipinski definition) is 2. The van der Waals surface area contributed by atoms with Crippen LogP contribution in [0.4, 0.5) is 0 Å². The van der Waals surface area contributed by atoms with E-state index in [9.17, 15) is 5.11 Å². The quantitative estimate of drug-likeness (QED) is 0.856. The first-order valence-corrected chi connectivity index (χ1v) is 6.03. The van der Waals surface area contributed by atoms with E-state index in [1.807, 2.05) is 24.4 Å². The number of nitrogens with two attached hydrogens (primary N) is 1. The molecule has 0 bridgehead atoms. The monoisotopic (exact) mass is 238 g/mol. The van der Waals surface area contributed by atoms with Crippen molar-refractivity contribution in [3.8, 4) is 10.6 Å². The van der Waals surface area contributed by atoms with Crippen LogP contribution >= 0.6 is 11.3 Å². The summed E-state index contributed by atoms with van der Waals surface area (Å²) in [5, 5.41) is 11.8. The predicted molar refractivity (Wildman–Crippen MR) is 63.0 cm³/mol. The lowest BCUT2D eigenvalue weighted by Gasteiger charge is -2.12. The molecule has 1 unspecified atom stereocenters. The van der Waals surface area contributed by atoms with Crippen molar-refractivity contribution in [1.29, 1.82) is 0 Å². The van der Waals surface area contributed by atoms with Gasteiger partial charge in [0.1, 0.15) is 6.10 Å². The largest absolute Gasteiger partial charge is 0.437 e. The number of thiophene rings is 1. The molecule has 86 valence electrons. The van der Waals surface area contributed by atoms with Gasteiger partial charge >= 0.3 is 0 Å². The molecule has 2 aromatic heterocycles. The molecule has 0 aliphatic heterocycles. The van der Waals surface area contributed by atoms with Crippen molar-refractivity contribution in [2.24, 2.45) is 5.73 Å². The van der Waals surface area contributed by atoms with Gasteiger partial charge in [0.15, 0.2) is 5.76 Å². The molecule has 4 nitrogen and oxygen atoms in total. The van der Waals surface area contributed by atoms with Crippen molar-refractivity contribution in [2.45, 2.75) is 25.5 Å². The molecule has 0 aromatic carbocycles. The van der Waals surface area contributed by atoms with E-state index in [-0.39, 0.29) is 11.9 Å². The number of aliphatic hydroxyl groups excluding tert-OH is 1. The second-order valence-electron chi connectivity index (χ2n) is 3.56. The summed E-state index contributed by atoms with van der Waals surface area (Å²) in [7, 11) is 0. The Balaban J connectivity index is 2.20. The lowest BCUT2D eigenvalue weighted by molar-refractivity contribution is 0.114. The van der Waals surface area contributed by atoms with Crippen LogP contribution in [0.25, 0.3) is 10.6 Å². The molecule has 0 radical (unpaired) electrons. The number of aliphatic hydroxyl groups is 1. The van der Waals surface area contributed by atoms with Crippen LogP contribution in [0.1, 0.15) is 25.3 Å². The first kappa shape index (κ1) is 11.3. The third-order valence-corrected chi connectivity index (χ3v) is 3.30. The number of aromatic nitrogens is 1. The van der Waals surface area contributed by atoms with Crippen LogP contribution in [0.2, 0.25) is 0 Å². The van der Waals surface area contributed by atoms with Gasteiger partial charge < -0.3 is 15.3 Å². The summed E-state index contributed by atoms with van der Waals surface area (Å²) in [6.45, 7) is 1.91. The van der Waals surface area contributed by atoms with Gasteiger partial charge in [0, 0.05) is 6.04 Å². The Morgan fingerprint density at radius 2 is 2.44 bits per heavy atom. The second-order valence-corrected chi connectivity index (χ2v) is 4.50. The summed E-state index contributed by atoms with van der Waals surface area (Å²) >= 11 is 1.57. The van der Waals surface area contributed by atoms with Gasteiger partial charge in [0.05, 0.1) is 11.1 Å². The average Bonchev–Trinajstić information content (AvgIpc) is 2.96. The molecule has 0 aliphatic rings. The van der Waals surface area contributed by atoms with Gasteiger partial charge in [-0.2, -0.15) is 0 Å². The fourth-order valence-corrected chi connectivity index (χ4v) is 2.03. The van der Waals surface area contributed by atoms with Crippen molar-refractivity contribution in [3.63, 3.8) is 0 Å². The van der Waals surface area contributed by atoms with Gasteiger partial charge in [-0.1, -0.05) is 13.0 Å². The van der Waals surface area contributed by atoms with Crippen molar-refractivity contribution in [3.05, 3.63) is 29.6 Å². The number of hydrogen-bond acceptors (Lipinski definition) is 5. The Bertz CT molecular complexity index is 439. The van der Waals surface area contributed by atoms with Crippen LogP contribution in [0.15, 0.2) is 28.1 Å². The predicted octanol–water partition coefficient (Wildman–Crippen LogP) is 2.17. The molecule has 0 aliphatic carbocycles. The van der Waals surface area contributed by atoms with E-state index in [4.69, 9.17) is 10.2 Å². The maximum Gasteiger partial charge on any atom is 0.225 e. The summed E-state index contributed by atoms with van der Waals surface area (Å²) in [6, 6.07) is 3.55. The Labute approximate surface area is 97.7 Å². The molecule has 0 saturated carbocycles.